The molecule has 1 aliphatic rings. The van der Waals surface area contributed by atoms with Crippen LogP contribution >= 0.6 is 0 Å². The first kappa shape index (κ1) is 15.5. The molecule has 1 fully saturated rings. The summed E-state index contributed by atoms with van der Waals surface area (Å²) in [5, 5.41) is 12.4. The van der Waals surface area contributed by atoms with Crippen molar-refractivity contribution in [2.75, 3.05) is 25.0 Å². The normalized spacial score (nSPS) is 21.6. The van der Waals surface area contributed by atoms with Crippen LogP contribution in [0, 0.1) is 16.7 Å². The zero-order chi connectivity index (χ0) is 15.3. The molecule has 1 unspecified atom stereocenters. The number of benzene rings is 1. The molecule has 112 valence electrons. The predicted octanol–water partition coefficient (Wildman–Crippen LogP) is 2.69. The molecular weight excluding hydrogens is 262 g/mol. The monoisotopic (exact) mass is 285 g/mol. The van der Waals surface area contributed by atoms with Gasteiger partial charge in [-0.1, -0.05) is 19.4 Å². The Labute approximate surface area is 126 Å². The molecule has 1 N–H and O–H groups in total. The molecule has 1 heterocycles. The quantitative estimate of drug-likeness (QED) is 0.925. The van der Waals surface area contributed by atoms with Gasteiger partial charge in [-0.25, -0.2) is 0 Å². The van der Waals surface area contributed by atoms with Gasteiger partial charge in [-0.3, -0.25) is 4.79 Å². The highest BCUT2D eigenvalue weighted by molar-refractivity contribution is 5.97. The van der Waals surface area contributed by atoms with E-state index in [9.17, 15) is 4.79 Å². The van der Waals surface area contributed by atoms with Crippen LogP contribution in [0.25, 0.3) is 0 Å². The Morgan fingerprint density at radius 1 is 1.52 bits per heavy atom. The fourth-order valence-corrected chi connectivity index (χ4v) is 3.21. The summed E-state index contributed by atoms with van der Waals surface area (Å²) in [6.45, 7) is 3.87. The molecule has 1 aliphatic heterocycles. The van der Waals surface area contributed by atoms with E-state index in [-0.39, 0.29) is 11.3 Å². The number of piperidine rings is 1. The Balaban J connectivity index is 2.25. The van der Waals surface area contributed by atoms with Crippen molar-refractivity contribution in [3.8, 4) is 6.07 Å². The molecule has 1 aromatic carbocycles. The first-order valence-corrected chi connectivity index (χ1v) is 7.62. The summed E-state index contributed by atoms with van der Waals surface area (Å²) in [6, 6.07) is 9.36. The maximum absolute atomic E-state index is 13.0. The second-order valence-electron chi connectivity index (χ2n) is 5.84. The molecule has 1 saturated heterocycles. The van der Waals surface area contributed by atoms with E-state index in [1.807, 2.05) is 19.2 Å². The zero-order valence-electron chi connectivity index (χ0n) is 12.9. The van der Waals surface area contributed by atoms with Gasteiger partial charge in [0, 0.05) is 19.3 Å². The lowest BCUT2D eigenvalue weighted by molar-refractivity contribution is -0.129. The molecule has 0 saturated carbocycles. The van der Waals surface area contributed by atoms with E-state index in [0.29, 0.717) is 5.56 Å². The van der Waals surface area contributed by atoms with Gasteiger partial charge in [-0.2, -0.15) is 5.26 Å². The van der Waals surface area contributed by atoms with Gasteiger partial charge >= 0.3 is 0 Å². The van der Waals surface area contributed by atoms with Gasteiger partial charge < -0.3 is 10.2 Å². The van der Waals surface area contributed by atoms with E-state index < -0.39 is 0 Å². The third kappa shape index (κ3) is 3.25. The van der Waals surface area contributed by atoms with Crippen molar-refractivity contribution in [1.82, 2.24) is 5.32 Å². The number of hydrogen-bond donors (Lipinski definition) is 1. The maximum Gasteiger partial charge on any atom is 0.234 e. The smallest absolute Gasteiger partial charge is 0.234 e. The summed E-state index contributed by atoms with van der Waals surface area (Å²) >= 11 is 0. The highest BCUT2D eigenvalue weighted by Crippen LogP contribution is 2.35. The number of carbonyl (C=O) groups is 1. The largest absolute Gasteiger partial charge is 0.316 e. The minimum atomic E-state index is -0.301. The second kappa shape index (κ2) is 6.73. The van der Waals surface area contributed by atoms with E-state index in [0.717, 1.165) is 44.5 Å². The summed E-state index contributed by atoms with van der Waals surface area (Å²) in [5.74, 6) is 0.159. The third-order valence-corrected chi connectivity index (χ3v) is 4.32. The Morgan fingerprint density at radius 2 is 2.33 bits per heavy atom. The molecule has 0 aromatic heterocycles. The van der Waals surface area contributed by atoms with Gasteiger partial charge in [0.1, 0.15) is 0 Å². The van der Waals surface area contributed by atoms with Crippen molar-refractivity contribution in [1.29, 1.82) is 5.26 Å². The second-order valence-corrected chi connectivity index (χ2v) is 5.84. The summed E-state index contributed by atoms with van der Waals surface area (Å²) in [5.41, 5.74) is 1.07. The van der Waals surface area contributed by atoms with E-state index in [1.54, 1.807) is 17.0 Å². The number of anilines is 1. The van der Waals surface area contributed by atoms with E-state index in [4.69, 9.17) is 5.26 Å². The van der Waals surface area contributed by atoms with Crippen molar-refractivity contribution in [3.63, 3.8) is 0 Å². The van der Waals surface area contributed by atoms with Crippen LogP contribution in [0.3, 0.4) is 0 Å². The van der Waals surface area contributed by atoms with Crippen molar-refractivity contribution < 1.29 is 4.79 Å². The molecule has 0 radical (unpaired) electrons. The molecule has 1 aromatic rings. The summed E-state index contributed by atoms with van der Waals surface area (Å²) in [6.07, 6.45) is 3.88. The van der Waals surface area contributed by atoms with E-state index in [1.165, 1.54) is 0 Å². The first-order chi connectivity index (χ1) is 10.1. The van der Waals surface area contributed by atoms with E-state index >= 15 is 0 Å². The molecule has 0 aliphatic carbocycles. The fraction of sp³-hybridized carbons (Fsp3) is 0.529. The fourth-order valence-electron chi connectivity index (χ4n) is 3.21. The van der Waals surface area contributed by atoms with Gasteiger partial charge in [-0.15, -0.1) is 0 Å². The molecule has 1 atom stereocenters. The zero-order valence-corrected chi connectivity index (χ0v) is 12.9. The van der Waals surface area contributed by atoms with Crippen LogP contribution in [-0.2, 0) is 4.79 Å². The summed E-state index contributed by atoms with van der Waals surface area (Å²) < 4.78 is 0. The molecule has 21 heavy (non-hydrogen) atoms. The predicted molar refractivity (Wildman–Crippen MR) is 84.0 cm³/mol. The maximum atomic E-state index is 13.0. The van der Waals surface area contributed by atoms with Crippen LogP contribution in [0.2, 0.25) is 0 Å². The first-order valence-electron chi connectivity index (χ1n) is 7.62. The number of nitriles is 1. The van der Waals surface area contributed by atoms with Crippen LogP contribution in [-0.4, -0.2) is 26.0 Å². The third-order valence-electron chi connectivity index (χ3n) is 4.32. The Hall–Kier alpha value is -1.86. The average Bonchev–Trinajstić information content (AvgIpc) is 2.54. The highest BCUT2D eigenvalue weighted by Gasteiger charge is 2.40. The number of rotatable bonds is 4. The Bertz CT molecular complexity index is 536. The van der Waals surface area contributed by atoms with Gasteiger partial charge in [0.15, 0.2) is 0 Å². The van der Waals surface area contributed by atoms with Crippen LogP contribution in [0.5, 0.6) is 0 Å². The minimum absolute atomic E-state index is 0.159. The van der Waals surface area contributed by atoms with Crippen LogP contribution in [0.1, 0.15) is 38.2 Å². The number of nitrogens with one attached hydrogen (secondary N) is 1. The van der Waals surface area contributed by atoms with Crippen molar-refractivity contribution in [2.45, 2.75) is 32.6 Å². The number of amides is 1. The molecule has 4 nitrogen and oxygen atoms in total. The lowest BCUT2D eigenvalue weighted by Crippen LogP contribution is -2.51. The van der Waals surface area contributed by atoms with Gasteiger partial charge in [0.2, 0.25) is 5.91 Å². The molecule has 1 amide bonds. The van der Waals surface area contributed by atoms with Crippen LogP contribution in [0.4, 0.5) is 5.69 Å². The van der Waals surface area contributed by atoms with Gasteiger partial charge in [-0.05, 0) is 44.0 Å². The van der Waals surface area contributed by atoms with Crippen LogP contribution in [0.15, 0.2) is 24.3 Å². The van der Waals surface area contributed by atoms with E-state index in [2.05, 4.69) is 18.3 Å². The van der Waals surface area contributed by atoms with Crippen molar-refractivity contribution in [3.05, 3.63) is 29.8 Å². The summed E-state index contributed by atoms with van der Waals surface area (Å²) in [4.78, 5) is 14.7. The Morgan fingerprint density at radius 3 is 2.95 bits per heavy atom. The van der Waals surface area contributed by atoms with Crippen molar-refractivity contribution >= 4 is 11.6 Å². The lowest BCUT2D eigenvalue weighted by Gasteiger charge is -2.39. The minimum Gasteiger partial charge on any atom is -0.316 e. The number of carbonyl (C=O) groups excluding carboxylic acids is 1. The Kier molecular flexibility index (Phi) is 4.98. The summed E-state index contributed by atoms with van der Waals surface area (Å²) in [7, 11) is 1.81. The van der Waals surface area contributed by atoms with Crippen LogP contribution < -0.4 is 10.2 Å². The standard InChI is InChI=1S/C17H23N3O/c1-3-8-17(9-5-10-19-13-17)16(21)20(2)15-7-4-6-14(11-15)12-18/h4,6-7,11,19H,3,5,8-10,13H2,1-2H3. The SMILES string of the molecule is CCCC1(C(=O)N(C)c2cccc(C#N)c2)CCCNC1. The molecular formula is C17H23N3O. The molecule has 4 heteroatoms. The number of nitrogens with zero attached hydrogens (tertiary/aromatic N) is 2. The van der Waals surface area contributed by atoms with Gasteiger partial charge in [0.25, 0.3) is 0 Å². The highest BCUT2D eigenvalue weighted by atomic mass is 16.2. The average molecular weight is 285 g/mol. The lowest BCUT2D eigenvalue weighted by atomic mass is 9.75. The molecule has 0 bridgehead atoms. The molecule has 0 spiro atoms. The molecule has 2 rings (SSSR count). The number of hydrogen-bond acceptors (Lipinski definition) is 3. The topological polar surface area (TPSA) is 56.1 Å². The van der Waals surface area contributed by atoms with Crippen molar-refractivity contribution in [2.24, 2.45) is 5.41 Å². The van der Waals surface area contributed by atoms with Gasteiger partial charge in [0.05, 0.1) is 17.0 Å².